The number of benzene rings is 1. The fraction of sp³-hybridized carbons (Fsp3) is 0.417. The van der Waals surface area contributed by atoms with Gasteiger partial charge in [0, 0.05) is 6.26 Å². The first-order chi connectivity index (χ1) is 8.70. The first kappa shape index (κ1) is 15.6. The number of carboxylic acid groups (broad SMARTS) is 1. The highest BCUT2D eigenvalue weighted by molar-refractivity contribution is 7.89. The first-order valence-corrected chi connectivity index (χ1v) is 7.60. The van der Waals surface area contributed by atoms with Crippen LogP contribution in [0, 0.1) is 0 Å². The highest BCUT2D eigenvalue weighted by Crippen LogP contribution is 2.24. The van der Waals surface area contributed by atoms with E-state index in [-0.39, 0.29) is 11.3 Å². The van der Waals surface area contributed by atoms with E-state index in [2.05, 4.69) is 0 Å². The molecule has 0 amide bonds. The van der Waals surface area contributed by atoms with Crippen LogP contribution >= 0.6 is 0 Å². The summed E-state index contributed by atoms with van der Waals surface area (Å²) in [5.74, 6) is -1.52. The lowest BCUT2D eigenvalue weighted by molar-refractivity contribution is -0.141. The van der Waals surface area contributed by atoms with Crippen LogP contribution in [0.3, 0.4) is 0 Å². The van der Waals surface area contributed by atoms with Crippen molar-refractivity contribution in [3.8, 4) is 0 Å². The van der Waals surface area contributed by atoms with Crippen molar-refractivity contribution in [3.05, 3.63) is 35.4 Å². The predicted molar refractivity (Wildman–Crippen MR) is 68.2 cm³/mol. The third kappa shape index (κ3) is 4.98. The third-order valence-electron chi connectivity index (χ3n) is 2.54. The Balaban J connectivity index is 3.02. The molecular formula is C12H16O6S. The van der Waals surface area contributed by atoms with E-state index in [1.54, 1.807) is 12.1 Å². The number of aliphatic hydroxyl groups is 2. The van der Waals surface area contributed by atoms with Crippen molar-refractivity contribution in [1.82, 2.24) is 0 Å². The Morgan fingerprint density at radius 3 is 2.37 bits per heavy atom. The Labute approximate surface area is 111 Å². The molecule has 2 unspecified atom stereocenters. The van der Waals surface area contributed by atoms with E-state index in [9.17, 15) is 23.4 Å². The summed E-state index contributed by atoms with van der Waals surface area (Å²) in [7, 11) is -3.29. The maximum absolute atomic E-state index is 11.3. The van der Waals surface area contributed by atoms with E-state index >= 15 is 0 Å². The second-order valence-electron chi connectivity index (χ2n) is 4.38. The highest BCUT2D eigenvalue weighted by atomic mass is 32.2. The fourth-order valence-corrected chi connectivity index (χ4v) is 2.56. The molecule has 0 saturated heterocycles. The Hall–Kier alpha value is -1.44. The minimum atomic E-state index is -3.29. The van der Waals surface area contributed by atoms with Crippen molar-refractivity contribution in [1.29, 1.82) is 0 Å². The van der Waals surface area contributed by atoms with Gasteiger partial charge < -0.3 is 15.3 Å². The second-order valence-corrected chi connectivity index (χ2v) is 6.52. The van der Waals surface area contributed by atoms with Gasteiger partial charge in [-0.3, -0.25) is 4.79 Å². The third-order valence-corrected chi connectivity index (χ3v) is 3.38. The number of sulfone groups is 1. The van der Waals surface area contributed by atoms with Gasteiger partial charge in [0.25, 0.3) is 0 Å². The lowest BCUT2D eigenvalue weighted by Gasteiger charge is -2.19. The monoisotopic (exact) mass is 288 g/mol. The molecule has 0 aliphatic rings. The molecule has 0 fully saturated rings. The smallest absolute Gasteiger partial charge is 0.306 e. The maximum Gasteiger partial charge on any atom is 0.306 e. The van der Waals surface area contributed by atoms with Crippen molar-refractivity contribution in [2.45, 2.75) is 24.4 Å². The lowest BCUT2D eigenvalue weighted by atomic mass is 9.98. The van der Waals surface area contributed by atoms with Gasteiger partial charge in [-0.1, -0.05) is 24.3 Å². The Kier molecular flexibility index (Phi) is 5.04. The van der Waals surface area contributed by atoms with Gasteiger partial charge in [0.05, 0.1) is 18.3 Å². The molecule has 106 valence electrons. The summed E-state index contributed by atoms with van der Waals surface area (Å²) in [5.41, 5.74) is 0.573. The van der Waals surface area contributed by atoms with Gasteiger partial charge in [-0.25, -0.2) is 8.42 Å². The maximum atomic E-state index is 11.3. The SMILES string of the molecule is CS(=O)(=O)Cc1ccccc1C(O)C(O)CC(=O)O. The number of carbonyl (C=O) groups is 1. The van der Waals surface area contributed by atoms with Crippen LogP contribution in [-0.4, -0.2) is 42.1 Å². The lowest BCUT2D eigenvalue weighted by Crippen LogP contribution is -2.23. The molecule has 0 radical (unpaired) electrons. The van der Waals surface area contributed by atoms with E-state index < -0.39 is 34.4 Å². The van der Waals surface area contributed by atoms with Crippen LogP contribution in [0.1, 0.15) is 23.7 Å². The van der Waals surface area contributed by atoms with E-state index in [0.29, 0.717) is 5.56 Å². The molecule has 0 aliphatic heterocycles. The van der Waals surface area contributed by atoms with Crippen LogP contribution in [0.5, 0.6) is 0 Å². The Morgan fingerprint density at radius 1 is 1.26 bits per heavy atom. The number of aliphatic carboxylic acids is 1. The fourth-order valence-electron chi connectivity index (χ4n) is 1.73. The van der Waals surface area contributed by atoms with Crippen molar-refractivity contribution in [2.75, 3.05) is 6.26 Å². The minimum Gasteiger partial charge on any atom is -0.481 e. The number of rotatable bonds is 6. The summed E-state index contributed by atoms with van der Waals surface area (Å²) in [6.45, 7) is 0. The van der Waals surface area contributed by atoms with Crippen molar-refractivity contribution >= 4 is 15.8 Å². The van der Waals surface area contributed by atoms with Gasteiger partial charge in [0.15, 0.2) is 9.84 Å². The number of aliphatic hydroxyl groups excluding tert-OH is 2. The molecule has 0 aliphatic carbocycles. The van der Waals surface area contributed by atoms with Gasteiger partial charge in [0.1, 0.15) is 6.10 Å². The van der Waals surface area contributed by atoms with Crippen LogP contribution in [0.2, 0.25) is 0 Å². The van der Waals surface area contributed by atoms with E-state index in [1.807, 2.05) is 0 Å². The number of carboxylic acids is 1. The molecule has 6 nitrogen and oxygen atoms in total. The first-order valence-electron chi connectivity index (χ1n) is 5.54. The van der Waals surface area contributed by atoms with E-state index in [0.717, 1.165) is 6.26 Å². The standard InChI is InChI=1S/C12H16O6S/c1-19(17,18)7-8-4-2-3-5-9(8)12(16)10(13)6-11(14)15/h2-5,10,12-13,16H,6-7H2,1H3,(H,14,15). The van der Waals surface area contributed by atoms with Crippen LogP contribution in [0.15, 0.2) is 24.3 Å². The molecule has 0 aromatic heterocycles. The van der Waals surface area contributed by atoms with Crippen molar-refractivity contribution in [2.24, 2.45) is 0 Å². The number of hydrogen-bond acceptors (Lipinski definition) is 5. The van der Waals surface area contributed by atoms with E-state index in [1.165, 1.54) is 12.1 Å². The molecule has 3 N–H and O–H groups in total. The zero-order valence-corrected chi connectivity index (χ0v) is 11.2. The summed E-state index contributed by atoms with van der Waals surface area (Å²) < 4.78 is 22.6. The average Bonchev–Trinajstić information content (AvgIpc) is 2.25. The normalized spacial score (nSPS) is 14.9. The van der Waals surface area contributed by atoms with Gasteiger partial charge in [-0.15, -0.1) is 0 Å². The van der Waals surface area contributed by atoms with Gasteiger partial charge in [0.2, 0.25) is 0 Å². The Bertz CT molecular complexity index is 551. The highest BCUT2D eigenvalue weighted by Gasteiger charge is 2.24. The molecule has 7 heteroatoms. The molecule has 2 atom stereocenters. The molecule has 1 aromatic rings. The van der Waals surface area contributed by atoms with Gasteiger partial charge >= 0.3 is 5.97 Å². The topological polar surface area (TPSA) is 112 Å². The average molecular weight is 288 g/mol. The summed E-state index contributed by atoms with van der Waals surface area (Å²) in [5, 5.41) is 28.1. The number of hydrogen-bond donors (Lipinski definition) is 3. The predicted octanol–water partition coefficient (Wildman–Crippen LogP) is 0.100. The van der Waals surface area contributed by atoms with Crippen LogP contribution < -0.4 is 0 Å². The molecule has 0 heterocycles. The van der Waals surface area contributed by atoms with Crippen LogP contribution in [0.4, 0.5) is 0 Å². The molecule has 1 rings (SSSR count). The summed E-state index contributed by atoms with van der Waals surface area (Å²) in [6.07, 6.45) is -2.48. The quantitative estimate of drug-likeness (QED) is 0.684. The summed E-state index contributed by atoms with van der Waals surface area (Å²) >= 11 is 0. The van der Waals surface area contributed by atoms with Crippen LogP contribution in [0.25, 0.3) is 0 Å². The zero-order valence-electron chi connectivity index (χ0n) is 10.4. The van der Waals surface area contributed by atoms with Crippen molar-refractivity contribution < 1.29 is 28.5 Å². The molecule has 0 saturated carbocycles. The molecule has 19 heavy (non-hydrogen) atoms. The molecule has 0 bridgehead atoms. The largest absolute Gasteiger partial charge is 0.481 e. The summed E-state index contributed by atoms with van der Waals surface area (Å²) in [6, 6.07) is 6.18. The molecular weight excluding hydrogens is 272 g/mol. The zero-order chi connectivity index (χ0) is 14.6. The summed E-state index contributed by atoms with van der Waals surface area (Å²) in [4.78, 5) is 10.5. The van der Waals surface area contributed by atoms with Crippen molar-refractivity contribution in [3.63, 3.8) is 0 Å². The van der Waals surface area contributed by atoms with E-state index in [4.69, 9.17) is 5.11 Å². The minimum absolute atomic E-state index is 0.224. The molecule has 0 spiro atoms. The van der Waals surface area contributed by atoms with Crippen LogP contribution in [-0.2, 0) is 20.4 Å². The second kappa shape index (κ2) is 6.14. The Morgan fingerprint density at radius 2 is 1.84 bits per heavy atom. The van der Waals surface area contributed by atoms with Gasteiger partial charge in [-0.05, 0) is 11.1 Å². The molecule has 1 aromatic carbocycles. The van der Waals surface area contributed by atoms with Gasteiger partial charge in [-0.2, -0.15) is 0 Å².